The van der Waals surface area contributed by atoms with Crippen molar-refractivity contribution in [2.45, 2.75) is 43.5 Å². The lowest BCUT2D eigenvalue weighted by Gasteiger charge is -2.24. The van der Waals surface area contributed by atoms with Crippen molar-refractivity contribution >= 4 is 15.9 Å². The lowest BCUT2D eigenvalue weighted by molar-refractivity contribution is -0.121. The van der Waals surface area contributed by atoms with Crippen LogP contribution in [0.25, 0.3) is 0 Å². The number of hydrogen-bond donors (Lipinski definition) is 1. The molecule has 140 valence electrons. The number of aromatic nitrogens is 1. The summed E-state index contributed by atoms with van der Waals surface area (Å²) in [6.45, 7) is 2.53. The molecule has 7 nitrogen and oxygen atoms in total. The number of carbonyl (C=O) groups is 1. The van der Waals surface area contributed by atoms with E-state index in [2.05, 4.69) is 10.5 Å². The molecular formula is C18H23N3O4S. The average Bonchev–Trinajstić information content (AvgIpc) is 2.88. The highest BCUT2D eigenvalue weighted by Gasteiger charge is 2.29. The molecule has 1 aromatic heterocycles. The Bertz CT molecular complexity index is 848. The molecule has 1 fully saturated rings. The minimum absolute atomic E-state index is 0.1000. The lowest BCUT2D eigenvalue weighted by Crippen LogP contribution is -2.45. The summed E-state index contributed by atoms with van der Waals surface area (Å²) in [5, 5.41) is 6.70. The quantitative estimate of drug-likeness (QED) is 0.859. The van der Waals surface area contributed by atoms with E-state index in [1.165, 1.54) is 4.31 Å². The zero-order chi connectivity index (χ0) is 18.6. The summed E-state index contributed by atoms with van der Waals surface area (Å²) in [6.07, 6.45) is 2.50. The van der Waals surface area contributed by atoms with E-state index in [-0.39, 0.29) is 29.8 Å². The second-order valence-corrected chi connectivity index (χ2v) is 8.49. The van der Waals surface area contributed by atoms with Gasteiger partial charge in [0.05, 0.1) is 17.0 Å². The van der Waals surface area contributed by atoms with Crippen molar-refractivity contribution < 1.29 is 17.7 Å². The molecule has 2 heterocycles. The molecule has 1 aromatic carbocycles. The maximum absolute atomic E-state index is 12.9. The Hall–Kier alpha value is -2.19. The van der Waals surface area contributed by atoms with Crippen molar-refractivity contribution in [1.82, 2.24) is 14.8 Å². The summed E-state index contributed by atoms with van der Waals surface area (Å²) in [7, 11) is -3.56. The Kier molecular flexibility index (Phi) is 5.73. The molecule has 1 N–H and O–H groups in total. The monoisotopic (exact) mass is 377 g/mol. The van der Waals surface area contributed by atoms with E-state index < -0.39 is 10.0 Å². The molecule has 3 rings (SSSR count). The molecule has 1 aliphatic rings. The van der Waals surface area contributed by atoms with Gasteiger partial charge < -0.3 is 9.84 Å². The minimum atomic E-state index is -3.56. The predicted octanol–water partition coefficient (Wildman–Crippen LogP) is 1.89. The van der Waals surface area contributed by atoms with Gasteiger partial charge in [0.1, 0.15) is 5.76 Å². The number of nitrogens with zero attached hydrogens (tertiary/aromatic N) is 2. The highest BCUT2D eigenvalue weighted by atomic mass is 32.2. The van der Waals surface area contributed by atoms with Gasteiger partial charge in [0, 0.05) is 25.2 Å². The van der Waals surface area contributed by atoms with Crippen LogP contribution in [0.4, 0.5) is 0 Å². The summed E-state index contributed by atoms with van der Waals surface area (Å²) in [4.78, 5) is 12.5. The van der Waals surface area contributed by atoms with E-state index in [1.54, 1.807) is 43.3 Å². The van der Waals surface area contributed by atoms with Crippen LogP contribution in [-0.2, 0) is 21.2 Å². The standard InChI is InChI=1S/C18H23N3O4S/c1-14-11-16(25-20-14)12-18(22)19-15-7-5-6-10-21(13-15)26(23,24)17-8-3-2-4-9-17/h2-4,8-9,11,15H,5-7,10,12-13H2,1H3,(H,19,22)/t15-/m0/s1. The van der Waals surface area contributed by atoms with E-state index in [0.717, 1.165) is 25.0 Å². The third-order valence-corrected chi connectivity index (χ3v) is 6.27. The Morgan fingerprint density at radius 3 is 2.77 bits per heavy atom. The summed E-state index contributed by atoms with van der Waals surface area (Å²) in [5.41, 5.74) is 0.724. The van der Waals surface area contributed by atoms with E-state index in [1.807, 2.05) is 0 Å². The molecule has 0 spiro atoms. The first kappa shape index (κ1) is 18.6. The van der Waals surface area contributed by atoms with Gasteiger partial charge >= 0.3 is 0 Å². The van der Waals surface area contributed by atoms with Crippen molar-refractivity contribution in [3.63, 3.8) is 0 Å². The second kappa shape index (κ2) is 8.01. The van der Waals surface area contributed by atoms with Gasteiger partial charge in [-0.25, -0.2) is 8.42 Å². The van der Waals surface area contributed by atoms with E-state index in [0.29, 0.717) is 12.3 Å². The molecule has 0 unspecified atom stereocenters. The third-order valence-electron chi connectivity index (χ3n) is 4.39. The van der Waals surface area contributed by atoms with Crippen LogP contribution in [0.3, 0.4) is 0 Å². The fraction of sp³-hybridized carbons (Fsp3) is 0.444. The molecule has 1 amide bonds. The molecular weight excluding hydrogens is 354 g/mol. The lowest BCUT2D eigenvalue weighted by atomic mass is 10.1. The Morgan fingerprint density at radius 1 is 1.31 bits per heavy atom. The first-order valence-corrected chi connectivity index (χ1v) is 10.2. The van der Waals surface area contributed by atoms with Gasteiger partial charge in [-0.1, -0.05) is 29.8 Å². The summed E-state index contributed by atoms with van der Waals surface area (Å²) >= 11 is 0. The normalized spacial score (nSPS) is 19.0. The maximum atomic E-state index is 12.9. The largest absolute Gasteiger partial charge is 0.361 e. The number of carbonyl (C=O) groups excluding carboxylic acids is 1. The third kappa shape index (κ3) is 4.50. The first-order chi connectivity index (χ1) is 12.4. The molecule has 1 saturated heterocycles. The van der Waals surface area contributed by atoms with E-state index >= 15 is 0 Å². The summed E-state index contributed by atoms with van der Waals surface area (Å²) in [6, 6.07) is 9.91. The Balaban J connectivity index is 1.66. The van der Waals surface area contributed by atoms with Crippen LogP contribution in [0, 0.1) is 6.92 Å². The van der Waals surface area contributed by atoms with Gasteiger partial charge in [-0.05, 0) is 31.9 Å². The van der Waals surface area contributed by atoms with Crippen molar-refractivity contribution in [3.8, 4) is 0 Å². The number of amides is 1. The second-order valence-electron chi connectivity index (χ2n) is 6.55. The van der Waals surface area contributed by atoms with Gasteiger partial charge in [0.25, 0.3) is 0 Å². The predicted molar refractivity (Wildman–Crippen MR) is 95.9 cm³/mol. The van der Waals surface area contributed by atoms with Crippen LogP contribution in [-0.4, -0.2) is 42.9 Å². The fourth-order valence-corrected chi connectivity index (χ4v) is 4.67. The SMILES string of the molecule is Cc1cc(CC(=O)N[C@H]2CCCCN(S(=O)(=O)c3ccccc3)C2)on1. The number of aryl methyl sites for hydroxylation is 1. The fourth-order valence-electron chi connectivity index (χ4n) is 3.12. The van der Waals surface area contributed by atoms with E-state index in [4.69, 9.17) is 4.52 Å². The molecule has 1 atom stereocenters. The highest BCUT2D eigenvalue weighted by Crippen LogP contribution is 2.20. The van der Waals surface area contributed by atoms with Crippen LogP contribution >= 0.6 is 0 Å². The number of hydrogen-bond acceptors (Lipinski definition) is 5. The molecule has 0 aliphatic carbocycles. The van der Waals surface area contributed by atoms with Crippen molar-refractivity contribution in [1.29, 1.82) is 0 Å². The molecule has 8 heteroatoms. The van der Waals surface area contributed by atoms with Crippen LogP contribution in [0.15, 0.2) is 45.8 Å². The maximum Gasteiger partial charge on any atom is 0.243 e. The summed E-state index contributed by atoms with van der Waals surface area (Å²) < 4.78 is 32.2. The van der Waals surface area contributed by atoms with Crippen LogP contribution in [0.2, 0.25) is 0 Å². The Labute approximate surface area is 153 Å². The van der Waals surface area contributed by atoms with Gasteiger partial charge in [-0.15, -0.1) is 0 Å². The summed E-state index contributed by atoms with van der Waals surface area (Å²) in [5.74, 6) is 0.312. The molecule has 26 heavy (non-hydrogen) atoms. The molecule has 1 aliphatic heterocycles. The molecule has 0 bridgehead atoms. The molecule has 0 radical (unpaired) electrons. The topological polar surface area (TPSA) is 92.5 Å². The number of benzene rings is 1. The van der Waals surface area contributed by atoms with Crippen molar-refractivity contribution in [3.05, 3.63) is 47.9 Å². The highest BCUT2D eigenvalue weighted by molar-refractivity contribution is 7.89. The molecule has 0 saturated carbocycles. The average molecular weight is 377 g/mol. The van der Waals surface area contributed by atoms with Crippen molar-refractivity contribution in [2.24, 2.45) is 0 Å². The smallest absolute Gasteiger partial charge is 0.243 e. The first-order valence-electron chi connectivity index (χ1n) is 8.72. The van der Waals surface area contributed by atoms with Gasteiger partial charge in [-0.2, -0.15) is 4.31 Å². The zero-order valence-corrected chi connectivity index (χ0v) is 15.5. The van der Waals surface area contributed by atoms with Crippen LogP contribution < -0.4 is 5.32 Å². The van der Waals surface area contributed by atoms with Crippen LogP contribution in [0.1, 0.15) is 30.7 Å². The van der Waals surface area contributed by atoms with Gasteiger partial charge in [-0.3, -0.25) is 4.79 Å². The number of rotatable bonds is 5. The van der Waals surface area contributed by atoms with Gasteiger partial charge in [0.2, 0.25) is 15.9 Å². The Morgan fingerprint density at radius 2 is 2.08 bits per heavy atom. The van der Waals surface area contributed by atoms with Crippen molar-refractivity contribution in [2.75, 3.05) is 13.1 Å². The van der Waals surface area contributed by atoms with E-state index in [9.17, 15) is 13.2 Å². The molecule has 2 aromatic rings. The van der Waals surface area contributed by atoms with Crippen LogP contribution in [0.5, 0.6) is 0 Å². The minimum Gasteiger partial charge on any atom is -0.361 e. The van der Waals surface area contributed by atoms with Gasteiger partial charge in [0.15, 0.2) is 0 Å². The zero-order valence-electron chi connectivity index (χ0n) is 14.7. The number of nitrogens with one attached hydrogen (secondary N) is 1. The number of sulfonamides is 1.